The van der Waals surface area contributed by atoms with Crippen molar-refractivity contribution in [2.75, 3.05) is 36.9 Å². The maximum absolute atomic E-state index is 12.1. The number of nitrogens with one attached hydrogen (secondary N) is 3. The summed E-state index contributed by atoms with van der Waals surface area (Å²) in [6.45, 7) is 2.49. The van der Waals surface area contributed by atoms with Crippen molar-refractivity contribution < 1.29 is 9.59 Å². The first kappa shape index (κ1) is 19.0. The summed E-state index contributed by atoms with van der Waals surface area (Å²) in [5.41, 5.74) is 2.36. The quantitative estimate of drug-likeness (QED) is 0.737. The van der Waals surface area contributed by atoms with Crippen molar-refractivity contribution in [3.05, 3.63) is 59.1 Å². The highest BCUT2D eigenvalue weighted by atomic mass is 35.5. The van der Waals surface area contributed by atoms with Crippen molar-refractivity contribution in [3.8, 4) is 0 Å². The van der Waals surface area contributed by atoms with Gasteiger partial charge in [0.15, 0.2) is 0 Å². The average Bonchev–Trinajstić information content (AvgIpc) is 3.16. The summed E-state index contributed by atoms with van der Waals surface area (Å²) in [5.74, 6) is 0.250. The van der Waals surface area contributed by atoms with Crippen LogP contribution in [0.25, 0.3) is 0 Å². The SMILES string of the molecule is CNC(=O)c1ccc(NC(=O)NC[C@@H]2CCN(c3ccc(Cl)cc3)C2)cc1. The Morgan fingerprint density at radius 2 is 1.81 bits per heavy atom. The van der Waals surface area contributed by atoms with Gasteiger partial charge in [0.25, 0.3) is 5.91 Å². The van der Waals surface area contributed by atoms with Crippen LogP contribution in [0.4, 0.5) is 16.2 Å². The highest BCUT2D eigenvalue weighted by molar-refractivity contribution is 6.30. The van der Waals surface area contributed by atoms with Crippen LogP contribution in [0.3, 0.4) is 0 Å². The lowest BCUT2D eigenvalue weighted by Gasteiger charge is -2.19. The van der Waals surface area contributed by atoms with E-state index in [2.05, 4.69) is 20.9 Å². The number of hydrogen-bond acceptors (Lipinski definition) is 3. The number of anilines is 2. The monoisotopic (exact) mass is 386 g/mol. The number of urea groups is 1. The fraction of sp³-hybridized carbons (Fsp3) is 0.300. The largest absolute Gasteiger partial charge is 0.371 e. The lowest BCUT2D eigenvalue weighted by Crippen LogP contribution is -2.34. The first-order valence-corrected chi connectivity index (χ1v) is 9.30. The number of hydrogen-bond donors (Lipinski definition) is 3. The van der Waals surface area contributed by atoms with E-state index in [-0.39, 0.29) is 11.9 Å². The molecule has 0 bridgehead atoms. The second kappa shape index (κ2) is 8.77. The van der Waals surface area contributed by atoms with Crippen LogP contribution >= 0.6 is 11.6 Å². The predicted molar refractivity (Wildman–Crippen MR) is 109 cm³/mol. The average molecular weight is 387 g/mol. The Hall–Kier alpha value is -2.73. The van der Waals surface area contributed by atoms with Crippen LogP contribution in [0.15, 0.2) is 48.5 Å². The van der Waals surface area contributed by atoms with E-state index in [9.17, 15) is 9.59 Å². The summed E-state index contributed by atoms with van der Waals surface area (Å²) in [6.07, 6.45) is 1.03. The number of carbonyl (C=O) groups is 2. The second-order valence-corrected chi connectivity index (χ2v) is 7.01. The van der Waals surface area contributed by atoms with Gasteiger partial charge < -0.3 is 20.9 Å². The third-order valence-electron chi connectivity index (χ3n) is 4.66. The molecule has 0 unspecified atom stereocenters. The van der Waals surface area contributed by atoms with Gasteiger partial charge >= 0.3 is 6.03 Å². The fourth-order valence-corrected chi connectivity index (χ4v) is 3.27. The Bertz CT molecular complexity index is 793. The van der Waals surface area contributed by atoms with Gasteiger partial charge in [0.2, 0.25) is 0 Å². The zero-order valence-corrected chi connectivity index (χ0v) is 15.9. The molecule has 1 saturated heterocycles. The Morgan fingerprint density at radius 1 is 1.11 bits per heavy atom. The van der Waals surface area contributed by atoms with Crippen molar-refractivity contribution in [2.24, 2.45) is 5.92 Å². The first-order valence-electron chi connectivity index (χ1n) is 8.92. The molecule has 0 spiro atoms. The number of amides is 3. The number of nitrogens with zero attached hydrogens (tertiary/aromatic N) is 1. The van der Waals surface area contributed by atoms with E-state index in [0.29, 0.717) is 23.7 Å². The van der Waals surface area contributed by atoms with Gasteiger partial charge in [0.05, 0.1) is 0 Å². The standard InChI is InChI=1S/C20H23ClN4O2/c1-22-19(26)15-2-6-17(7-3-15)24-20(27)23-12-14-10-11-25(13-14)18-8-4-16(21)5-9-18/h2-9,14H,10-13H2,1H3,(H,22,26)(H2,23,24,27)/t14-/m0/s1. The molecule has 6 nitrogen and oxygen atoms in total. The van der Waals surface area contributed by atoms with Crippen molar-refractivity contribution in [1.29, 1.82) is 0 Å². The maximum Gasteiger partial charge on any atom is 0.319 e. The van der Waals surface area contributed by atoms with Crippen LogP contribution in [0, 0.1) is 5.92 Å². The molecule has 7 heteroatoms. The van der Waals surface area contributed by atoms with E-state index in [1.54, 1.807) is 31.3 Å². The molecule has 27 heavy (non-hydrogen) atoms. The molecule has 0 aliphatic carbocycles. The molecule has 2 aromatic rings. The van der Waals surface area contributed by atoms with E-state index in [1.807, 2.05) is 24.3 Å². The number of rotatable bonds is 5. The van der Waals surface area contributed by atoms with Gasteiger partial charge in [-0.05, 0) is 60.9 Å². The van der Waals surface area contributed by atoms with Crippen LogP contribution in [-0.2, 0) is 0 Å². The van der Waals surface area contributed by atoms with Gasteiger partial charge in [-0.15, -0.1) is 0 Å². The van der Waals surface area contributed by atoms with Crippen LogP contribution in [0.5, 0.6) is 0 Å². The van der Waals surface area contributed by atoms with E-state index >= 15 is 0 Å². The Labute approximate surface area is 163 Å². The summed E-state index contributed by atoms with van der Waals surface area (Å²) in [4.78, 5) is 25.9. The second-order valence-electron chi connectivity index (χ2n) is 6.57. The van der Waals surface area contributed by atoms with E-state index in [0.717, 1.165) is 30.2 Å². The third-order valence-corrected chi connectivity index (χ3v) is 4.91. The Kier molecular flexibility index (Phi) is 6.19. The molecule has 2 aromatic carbocycles. The van der Waals surface area contributed by atoms with Crippen molar-refractivity contribution in [1.82, 2.24) is 10.6 Å². The lowest BCUT2D eigenvalue weighted by molar-refractivity contribution is 0.0963. The highest BCUT2D eigenvalue weighted by Gasteiger charge is 2.23. The molecule has 142 valence electrons. The van der Waals surface area contributed by atoms with Crippen molar-refractivity contribution in [3.63, 3.8) is 0 Å². The number of halogens is 1. The molecule has 3 N–H and O–H groups in total. The smallest absolute Gasteiger partial charge is 0.319 e. The summed E-state index contributed by atoms with van der Waals surface area (Å²) >= 11 is 5.94. The van der Waals surface area contributed by atoms with Crippen LogP contribution in [0.2, 0.25) is 5.02 Å². The molecular formula is C20H23ClN4O2. The molecule has 1 fully saturated rings. The predicted octanol–water partition coefficient (Wildman–Crippen LogP) is 3.35. The Balaban J connectivity index is 1.44. The maximum atomic E-state index is 12.1. The molecule has 0 saturated carbocycles. The zero-order valence-electron chi connectivity index (χ0n) is 15.2. The lowest BCUT2D eigenvalue weighted by atomic mass is 10.1. The fourth-order valence-electron chi connectivity index (χ4n) is 3.15. The molecule has 3 amide bonds. The van der Waals surface area contributed by atoms with Gasteiger partial charge in [-0.25, -0.2) is 4.79 Å². The zero-order chi connectivity index (χ0) is 19.2. The normalized spacial score (nSPS) is 16.1. The molecule has 1 atom stereocenters. The molecule has 1 heterocycles. The topological polar surface area (TPSA) is 73.5 Å². The molecule has 1 aliphatic rings. The molecule has 0 radical (unpaired) electrons. The highest BCUT2D eigenvalue weighted by Crippen LogP contribution is 2.24. The van der Waals surface area contributed by atoms with Gasteiger partial charge in [0, 0.05) is 48.6 Å². The summed E-state index contributed by atoms with van der Waals surface area (Å²) < 4.78 is 0. The molecule has 3 rings (SSSR count). The van der Waals surface area contributed by atoms with Crippen LogP contribution in [-0.4, -0.2) is 38.6 Å². The minimum absolute atomic E-state index is 0.155. The van der Waals surface area contributed by atoms with E-state index < -0.39 is 0 Å². The summed E-state index contributed by atoms with van der Waals surface area (Å²) in [5, 5.41) is 9.01. The van der Waals surface area contributed by atoms with Crippen molar-refractivity contribution in [2.45, 2.75) is 6.42 Å². The van der Waals surface area contributed by atoms with Gasteiger partial charge in [-0.2, -0.15) is 0 Å². The van der Waals surface area contributed by atoms with Crippen LogP contribution in [0.1, 0.15) is 16.8 Å². The van der Waals surface area contributed by atoms with Gasteiger partial charge in [-0.3, -0.25) is 4.79 Å². The summed E-state index contributed by atoms with van der Waals surface area (Å²) in [6, 6.07) is 14.4. The molecular weight excluding hydrogens is 364 g/mol. The van der Waals surface area contributed by atoms with Crippen molar-refractivity contribution >= 4 is 34.9 Å². The first-order chi connectivity index (χ1) is 13.0. The third kappa shape index (κ3) is 5.14. The van der Waals surface area contributed by atoms with E-state index in [1.165, 1.54) is 0 Å². The van der Waals surface area contributed by atoms with E-state index in [4.69, 9.17) is 11.6 Å². The Morgan fingerprint density at radius 3 is 2.48 bits per heavy atom. The summed E-state index contributed by atoms with van der Waals surface area (Å²) in [7, 11) is 1.58. The van der Waals surface area contributed by atoms with Crippen LogP contribution < -0.4 is 20.9 Å². The minimum Gasteiger partial charge on any atom is -0.371 e. The number of benzene rings is 2. The molecule has 1 aliphatic heterocycles. The van der Waals surface area contributed by atoms with Gasteiger partial charge in [0.1, 0.15) is 0 Å². The van der Waals surface area contributed by atoms with Gasteiger partial charge in [-0.1, -0.05) is 11.6 Å². The number of carbonyl (C=O) groups excluding carboxylic acids is 2. The molecule has 0 aromatic heterocycles. The minimum atomic E-state index is -0.243.